The summed E-state index contributed by atoms with van der Waals surface area (Å²) < 4.78 is 27.1. The first-order valence-electron chi connectivity index (χ1n) is 8.32. The molecular weight excluding hydrogens is 302 g/mol. The number of hydrogen-bond acceptors (Lipinski definition) is 4. The second kappa shape index (κ2) is 7.75. The molecule has 1 aliphatic carbocycles. The molecule has 1 atom stereocenters. The molecule has 1 saturated heterocycles. The van der Waals surface area contributed by atoms with Gasteiger partial charge in [-0.3, -0.25) is 4.79 Å². The van der Waals surface area contributed by atoms with Crippen molar-refractivity contribution in [3.8, 4) is 0 Å². The highest BCUT2D eigenvalue weighted by Crippen LogP contribution is 2.24. The lowest BCUT2D eigenvalue weighted by atomic mass is 9.88. The molecule has 6 nitrogen and oxygen atoms in total. The fourth-order valence-corrected chi connectivity index (χ4v) is 4.78. The van der Waals surface area contributed by atoms with Gasteiger partial charge in [0.05, 0.1) is 0 Å². The summed E-state index contributed by atoms with van der Waals surface area (Å²) in [6.45, 7) is 4.40. The van der Waals surface area contributed by atoms with Gasteiger partial charge in [-0.1, -0.05) is 6.92 Å². The lowest BCUT2D eigenvalue weighted by Gasteiger charge is -2.27. The highest BCUT2D eigenvalue weighted by molar-refractivity contribution is 7.90. The van der Waals surface area contributed by atoms with Crippen LogP contribution in [-0.4, -0.2) is 57.7 Å². The summed E-state index contributed by atoms with van der Waals surface area (Å²) in [5, 5.41) is 3.11. The van der Waals surface area contributed by atoms with E-state index in [1.807, 2.05) is 7.05 Å². The van der Waals surface area contributed by atoms with Crippen LogP contribution in [0.2, 0.25) is 0 Å². The minimum absolute atomic E-state index is 0.00428. The van der Waals surface area contributed by atoms with Crippen LogP contribution in [0.15, 0.2) is 0 Å². The first kappa shape index (κ1) is 17.7. The van der Waals surface area contributed by atoms with Gasteiger partial charge in [-0.15, -0.1) is 0 Å². The first-order valence-corrected chi connectivity index (χ1v) is 9.97. The van der Waals surface area contributed by atoms with Crippen LogP contribution in [0.4, 0.5) is 0 Å². The molecule has 7 heteroatoms. The Morgan fingerprint density at radius 3 is 2.50 bits per heavy atom. The Balaban J connectivity index is 1.80. The van der Waals surface area contributed by atoms with E-state index in [0.717, 1.165) is 38.6 Å². The number of carbonyl (C=O) groups excluding carboxylic acids is 1. The molecule has 2 N–H and O–H groups in total. The van der Waals surface area contributed by atoms with Crippen molar-refractivity contribution in [2.24, 2.45) is 11.8 Å². The van der Waals surface area contributed by atoms with Crippen molar-refractivity contribution in [2.45, 2.75) is 45.1 Å². The highest BCUT2D eigenvalue weighted by Gasteiger charge is 2.30. The summed E-state index contributed by atoms with van der Waals surface area (Å²) in [5.41, 5.74) is 0. The number of likely N-dealkylation sites (tertiary alicyclic amines) is 1. The molecule has 1 amide bonds. The van der Waals surface area contributed by atoms with Gasteiger partial charge >= 0.3 is 0 Å². The van der Waals surface area contributed by atoms with Gasteiger partial charge in [-0.05, 0) is 57.5 Å². The minimum atomic E-state index is -3.52. The van der Waals surface area contributed by atoms with Crippen LogP contribution in [0, 0.1) is 11.8 Å². The Hall–Kier alpha value is -0.660. The molecule has 1 unspecified atom stereocenters. The van der Waals surface area contributed by atoms with E-state index in [2.05, 4.69) is 17.0 Å². The normalized spacial score (nSPS) is 29.7. The molecular formula is C15H29N3O3S. The fraction of sp³-hybridized carbons (Fsp3) is 0.933. The maximum Gasteiger partial charge on any atom is 0.239 e. The van der Waals surface area contributed by atoms with Gasteiger partial charge in [0.25, 0.3) is 0 Å². The van der Waals surface area contributed by atoms with Crippen molar-refractivity contribution in [3.05, 3.63) is 0 Å². The van der Waals surface area contributed by atoms with Gasteiger partial charge < -0.3 is 10.2 Å². The lowest BCUT2D eigenvalue weighted by Crippen LogP contribution is -2.43. The number of amides is 1. The Morgan fingerprint density at radius 2 is 1.86 bits per heavy atom. The molecule has 0 aromatic carbocycles. The second-order valence-electron chi connectivity index (χ2n) is 6.89. The maximum atomic E-state index is 12.2. The molecule has 22 heavy (non-hydrogen) atoms. The van der Waals surface area contributed by atoms with Crippen molar-refractivity contribution < 1.29 is 13.2 Å². The second-order valence-corrected chi connectivity index (χ2v) is 8.64. The molecule has 2 aliphatic rings. The molecule has 0 radical (unpaired) electrons. The van der Waals surface area contributed by atoms with Crippen LogP contribution in [0.1, 0.15) is 39.0 Å². The number of sulfonamides is 1. The molecule has 0 aromatic rings. The molecule has 2 rings (SSSR count). The van der Waals surface area contributed by atoms with Crippen LogP contribution >= 0.6 is 0 Å². The Morgan fingerprint density at radius 1 is 1.18 bits per heavy atom. The SMILES string of the molecule is CNCC1CCN(C(=O)CS(=O)(=O)NC2CCC(C)CC2)C1. The Bertz CT molecular complexity index is 472. The third kappa shape index (κ3) is 5.21. The van der Waals surface area contributed by atoms with E-state index in [0.29, 0.717) is 24.9 Å². The van der Waals surface area contributed by atoms with E-state index < -0.39 is 15.8 Å². The molecule has 128 valence electrons. The van der Waals surface area contributed by atoms with Crippen molar-refractivity contribution in [1.29, 1.82) is 0 Å². The van der Waals surface area contributed by atoms with Crippen LogP contribution < -0.4 is 10.0 Å². The molecule has 0 aromatic heterocycles. The average Bonchev–Trinajstić information content (AvgIpc) is 2.90. The van der Waals surface area contributed by atoms with E-state index in [4.69, 9.17) is 0 Å². The molecule has 1 saturated carbocycles. The maximum absolute atomic E-state index is 12.2. The monoisotopic (exact) mass is 331 g/mol. The third-order valence-electron chi connectivity index (χ3n) is 4.81. The van der Waals surface area contributed by atoms with Gasteiger partial charge in [0, 0.05) is 19.1 Å². The standard InChI is InChI=1S/C15H29N3O3S/c1-12-3-5-14(6-4-12)17-22(20,21)11-15(19)18-8-7-13(10-18)9-16-2/h12-14,16-17H,3-11H2,1-2H3. The molecule has 0 bridgehead atoms. The van der Waals surface area contributed by atoms with Gasteiger partial charge in [0.1, 0.15) is 5.75 Å². The molecule has 2 fully saturated rings. The zero-order chi connectivity index (χ0) is 16.2. The van der Waals surface area contributed by atoms with Crippen molar-refractivity contribution in [3.63, 3.8) is 0 Å². The largest absolute Gasteiger partial charge is 0.341 e. The van der Waals surface area contributed by atoms with Gasteiger partial charge in [-0.25, -0.2) is 13.1 Å². The third-order valence-corrected chi connectivity index (χ3v) is 6.13. The molecule has 0 spiro atoms. The lowest BCUT2D eigenvalue weighted by molar-refractivity contribution is -0.127. The van der Waals surface area contributed by atoms with Crippen molar-refractivity contribution in [2.75, 3.05) is 32.4 Å². The summed E-state index contributed by atoms with van der Waals surface area (Å²) in [4.78, 5) is 13.9. The van der Waals surface area contributed by atoms with Gasteiger partial charge in [0.2, 0.25) is 15.9 Å². The van der Waals surface area contributed by atoms with Crippen molar-refractivity contribution >= 4 is 15.9 Å². The van der Waals surface area contributed by atoms with Crippen LogP contribution in [0.5, 0.6) is 0 Å². The first-order chi connectivity index (χ1) is 10.4. The number of nitrogens with zero attached hydrogens (tertiary/aromatic N) is 1. The predicted octanol–water partition coefficient (Wildman–Crippen LogP) is 0.552. The molecule has 1 heterocycles. The smallest absolute Gasteiger partial charge is 0.239 e. The average molecular weight is 331 g/mol. The summed E-state index contributed by atoms with van der Waals surface area (Å²) in [7, 11) is -1.63. The van der Waals surface area contributed by atoms with E-state index in [-0.39, 0.29) is 11.9 Å². The van der Waals surface area contributed by atoms with E-state index in [1.54, 1.807) is 4.90 Å². The summed E-state index contributed by atoms with van der Waals surface area (Å²) in [6.07, 6.45) is 4.81. The summed E-state index contributed by atoms with van der Waals surface area (Å²) in [5.74, 6) is 0.432. The quantitative estimate of drug-likeness (QED) is 0.745. The number of carbonyl (C=O) groups is 1. The number of nitrogens with one attached hydrogen (secondary N) is 2. The predicted molar refractivity (Wildman–Crippen MR) is 87.0 cm³/mol. The Kier molecular flexibility index (Phi) is 6.23. The van der Waals surface area contributed by atoms with Crippen LogP contribution in [0.25, 0.3) is 0 Å². The van der Waals surface area contributed by atoms with Gasteiger partial charge in [-0.2, -0.15) is 0 Å². The minimum Gasteiger partial charge on any atom is -0.341 e. The Labute approximate surface area is 134 Å². The zero-order valence-electron chi connectivity index (χ0n) is 13.7. The van der Waals surface area contributed by atoms with E-state index in [9.17, 15) is 13.2 Å². The van der Waals surface area contributed by atoms with E-state index in [1.165, 1.54) is 0 Å². The fourth-order valence-electron chi connectivity index (χ4n) is 3.44. The number of rotatable bonds is 6. The summed E-state index contributed by atoms with van der Waals surface area (Å²) >= 11 is 0. The van der Waals surface area contributed by atoms with Gasteiger partial charge in [0.15, 0.2) is 0 Å². The zero-order valence-corrected chi connectivity index (χ0v) is 14.5. The molecule has 1 aliphatic heterocycles. The van der Waals surface area contributed by atoms with Crippen LogP contribution in [-0.2, 0) is 14.8 Å². The summed E-state index contributed by atoms with van der Waals surface area (Å²) in [6, 6.07) is 0.00428. The highest BCUT2D eigenvalue weighted by atomic mass is 32.2. The number of hydrogen-bond donors (Lipinski definition) is 2. The van der Waals surface area contributed by atoms with Crippen molar-refractivity contribution in [1.82, 2.24) is 14.9 Å². The van der Waals surface area contributed by atoms with Crippen LogP contribution in [0.3, 0.4) is 0 Å². The van der Waals surface area contributed by atoms with E-state index >= 15 is 0 Å². The topological polar surface area (TPSA) is 78.5 Å².